The molecule has 3 heterocycles. The zero-order valence-corrected chi connectivity index (χ0v) is 19.5. The third-order valence-electron chi connectivity index (χ3n) is 8.33. The fourth-order valence-corrected chi connectivity index (χ4v) is 6.61. The number of hydrogen-bond acceptors (Lipinski definition) is 3. The minimum atomic E-state index is 0.0276. The molecule has 6 rings (SSSR count). The third kappa shape index (κ3) is 3.85. The fraction of sp³-hybridized carbons (Fsp3) is 0.448. The second kappa shape index (κ2) is 8.57. The van der Waals surface area contributed by atoms with Crippen LogP contribution in [0.3, 0.4) is 0 Å². The minimum absolute atomic E-state index is 0.0276. The largest absolute Gasteiger partial charge is 0.352 e. The summed E-state index contributed by atoms with van der Waals surface area (Å²) in [6.45, 7) is 4.00. The molecular weight excluding hydrogens is 406 g/mol. The Labute approximate surface area is 196 Å². The molecule has 2 unspecified atom stereocenters. The molecule has 1 N–H and O–H groups in total. The number of nitrogens with zero attached hydrogens (tertiary/aromatic N) is 2. The zero-order valence-electron chi connectivity index (χ0n) is 19.5. The molecule has 33 heavy (non-hydrogen) atoms. The van der Waals surface area contributed by atoms with Crippen molar-refractivity contribution in [3.8, 4) is 0 Å². The van der Waals surface area contributed by atoms with E-state index in [1.54, 1.807) is 11.1 Å². The van der Waals surface area contributed by atoms with Crippen molar-refractivity contribution in [2.24, 2.45) is 11.8 Å². The number of aromatic nitrogens is 1. The topological polar surface area (TPSA) is 45.2 Å². The molecule has 3 aliphatic rings. The number of hydrogen-bond donors (Lipinski definition) is 1. The number of nitrogens with one attached hydrogen (secondary N) is 1. The average Bonchev–Trinajstić information content (AvgIpc) is 3.38. The van der Waals surface area contributed by atoms with Gasteiger partial charge >= 0.3 is 0 Å². The maximum absolute atomic E-state index is 12.9. The van der Waals surface area contributed by atoms with E-state index in [1.807, 2.05) is 37.3 Å². The second-order valence-corrected chi connectivity index (χ2v) is 10.4. The van der Waals surface area contributed by atoms with Crippen molar-refractivity contribution in [1.29, 1.82) is 0 Å². The normalized spacial score (nSPS) is 26.5. The first-order valence-electron chi connectivity index (χ1n) is 12.7. The maximum Gasteiger partial charge on any atom is 0.251 e. The molecule has 2 aromatic carbocycles. The number of aryl methyl sites for hydroxylation is 1. The standard InChI is InChI=1S/C29H33N3O/c1-19-9-14-22-25(7-4-8-26(22)31-19)29(33)30-17-20-10-12-21(13-11-20)18-32-27-15-16-28(32)24-6-3-2-5-23(24)27/h2-9,14,20-21,27-28H,10-13,15-18H2,1H3,(H,30,33). The van der Waals surface area contributed by atoms with Crippen molar-refractivity contribution in [3.63, 3.8) is 0 Å². The van der Waals surface area contributed by atoms with Crippen LogP contribution in [0.15, 0.2) is 54.6 Å². The fourth-order valence-electron chi connectivity index (χ4n) is 6.61. The quantitative estimate of drug-likeness (QED) is 0.533. The Balaban J connectivity index is 1.02. The lowest BCUT2D eigenvalue weighted by Crippen LogP contribution is -2.34. The van der Waals surface area contributed by atoms with Crippen LogP contribution in [0.1, 0.15) is 77.8 Å². The van der Waals surface area contributed by atoms with E-state index in [1.165, 1.54) is 45.1 Å². The van der Waals surface area contributed by atoms with E-state index in [4.69, 9.17) is 0 Å². The highest BCUT2D eigenvalue weighted by Crippen LogP contribution is 2.53. The summed E-state index contributed by atoms with van der Waals surface area (Å²) in [6.07, 6.45) is 7.65. The Bertz CT molecular complexity index is 1150. The monoisotopic (exact) mass is 439 g/mol. The highest BCUT2D eigenvalue weighted by atomic mass is 16.1. The van der Waals surface area contributed by atoms with Crippen molar-refractivity contribution in [1.82, 2.24) is 15.2 Å². The van der Waals surface area contributed by atoms with Gasteiger partial charge in [0.15, 0.2) is 0 Å². The number of amides is 1. The van der Waals surface area contributed by atoms with Crippen LogP contribution in [0.4, 0.5) is 0 Å². The lowest BCUT2D eigenvalue weighted by Gasteiger charge is -2.33. The van der Waals surface area contributed by atoms with Gasteiger partial charge in [-0.3, -0.25) is 14.7 Å². The van der Waals surface area contributed by atoms with Crippen molar-refractivity contribution < 1.29 is 4.79 Å². The molecule has 2 aliphatic heterocycles. The SMILES string of the molecule is Cc1ccc2c(C(=O)NCC3CCC(CN4C5CCC4c4ccccc45)CC3)cccc2n1. The van der Waals surface area contributed by atoms with Crippen LogP contribution in [0.25, 0.3) is 10.9 Å². The molecule has 3 aromatic rings. The summed E-state index contributed by atoms with van der Waals surface area (Å²) in [7, 11) is 0. The van der Waals surface area contributed by atoms with Gasteiger partial charge in [-0.05, 0) is 86.6 Å². The summed E-state index contributed by atoms with van der Waals surface area (Å²) in [4.78, 5) is 20.3. The lowest BCUT2D eigenvalue weighted by molar-refractivity contribution is 0.0938. The van der Waals surface area contributed by atoms with Crippen LogP contribution in [0, 0.1) is 18.8 Å². The van der Waals surface area contributed by atoms with E-state index in [9.17, 15) is 4.79 Å². The van der Waals surface area contributed by atoms with Crippen LogP contribution in [-0.2, 0) is 0 Å². The number of rotatable bonds is 5. The van der Waals surface area contributed by atoms with Crippen LogP contribution in [0.2, 0.25) is 0 Å². The Morgan fingerprint density at radius 2 is 1.58 bits per heavy atom. The van der Waals surface area contributed by atoms with Gasteiger partial charge in [0.25, 0.3) is 5.91 Å². The second-order valence-electron chi connectivity index (χ2n) is 10.4. The van der Waals surface area contributed by atoms with Crippen molar-refractivity contribution in [3.05, 3.63) is 77.0 Å². The number of fused-ring (bicyclic) bond motifs is 6. The molecule has 0 radical (unpaired) electrons. The van der Waals surface area contributed by atoms with E-state index < -0.39 is 0 Å². The average molecular weight is 440 g/mol. The first kappa shape index (κ1) is 20.9. The van der Waals surface area contributed by atoms with Gasteiger partial charge in [0, 0.05) is 41.8 Å². The smallest absolute Gasteiger partial charge is 0.251 e. The molecule has 4 nitrogen and oxygen atoms in total. The summed E-state index contributed by atoms with van der Waals surface area (Å²) < 4.78 is 0. The minimum Gasteiger partial charge on any atom is -0.352 e. The number of carbonyl (C=O) groups is 1. The van der Waals surface area contributed by atoms with Crippen molar-refractivity contribution in [2.75, 3.05) is 13.1 Å². The molecule has 2 bridgehead atoms. The molecule has 2 fully saturated rings. The highest BCUT2D eigenvalue weighted by Gasteiger charge is 2.44. The summed E-state index contributed by atoms with van der Waals surface area (Å²) in [5.74, 6) is 1.41. The first-order chi connectivity index (χ1) is 16.2. The van der Waals surface area contributed by atoms with Crippen LogP contribution >= 0.6 is 0 Å². The molecule has 170 valence electrons. The van der Waals surface area contributed by atoms with Gasteiger partial charge in [-0.1, -0.05) is 36.4 Å². The summed E-state index contributed by atoms with van der Waals surface area (Å²) >= 11 is 0. The number of pyridine rings is 1. The highest BCUT2D eigenvalue weighted by molar-refractivity contribution is 6.06. The molecule has 1 aromatic heterocycles. The Kier molecular flexibility index (Phi) is 5.41. The van der Waals surface area contributed by atoms with Gasteiger partial charge < -0.3 is 5.32 Å². The first-order valence-corrected chi connectivity index (χ1v) is 12.7. The van der Waals surface area contributed by atoms with Crippen LogP contribution in [-0.4, -0.2) is 28.9 Å². The van der Waals surface area contributed by atoms with Crippen molar-refractivity contribution >= 4 is 16.8 Å². The molecule has 2 atom stereocenters. The van der Waals surface area contributed by atoms with Gasteiger partial charge in [-0.2, -0.15) is 0 Å². The lowest BCUT2D eigenvalue weighted by atomic mass is 9.81. The third-order valence-corrected chi connectivity index (χ3v) is 8.33. The van der Waals surface area contributed by atoms with E-state index in [0.717, 1.165) is 34.6 Å². The van der Waals surface area contributed by atoms with E-state index >= 15 is 0 Å². The zero-order chi connectivity index (χ0) is 22.4. The summed E-state index contributed by atoms with van der Waals surface area (Å²) in [5, 5.41) is 4.16. The van der Waals surface area contributed by atoms with Gasteiger partial charge in [0.2, 0.25) is 0 Å². The Hall–Kier alpha value is -2.72. The Morgan fingerprint density at radius 3 is 2.30 bits per heavy atom. The maximum atomic E-state index is 12.9. The van der Waals surface area contributed by atoms with Gasteiger partial charge in [0.05, 0.1) is 5.52 Å². The molecular formula is C29H33N3O. The van der Waals surface area contributed by atoms with Crippen LogP contribution in [0.5, 0.6) is 0 Å². The van der Waals surface area contributed by atoms with E-state index in [2.05, 4.69) is 39.5 Å². The number of benzene rings is 2. The van der Waals surface area contributed by atoms with Crippen LogP contribution < -0.4 is 5.32 Å². The molecule has 1 saturated heterocycles. The summed E-state index contributed by atoms with van der Waals surface area (Å²) in [5.41, 5.74) is 5.77. The Morgan fingerprint density at radius 1 is 0.879 bits per heavy atom. The van der Waals surface area contributed by atoms with Crippen molar-refractivity contribution in [2.45, 2.75) is 57.5 Å². The predicted octanol–water partition coefficient (Wildman–Crippen LogP) is 5.97. The van der Waals surface area contributed by atoms with E-state index in [0.29, 0.717) is 18.0 Å². The van der Waals surface area contributed by atoms with Gasteiger partial charge in [-0.25, -0.2) is 0 Å². The van der Waals surface area contributed by atoms with Gasteiger partial charge in [0.1, 0.15) is 0 Å². The molecule has 1 aliphatic carbocycles. The molecule has 1 amide bonds. The predicted molar refractivity (Wildman–Crippen MR) is 132 cm³/mol. The molecule has 1 saturated carbocycles. The molecule has 0 spiro atoms. The van der Waals surface area contributed by atoms with E-state index in [-0.39, 0.29) is 5.91 Å². The summed E-state index contributed by atoms with van der Waals surface area (Å²) in [6, 6.07) is 20.2. The van der Waals surface area contributed by atoms with Gasteiger partial charge in [-0.15, -0.1) is 0 Å². The molecule has 4 heteroatoms. The number of carbonyl (C=O) groups excluding carboxylic acids is 1.